The quantitative estimate of drug-likeness (QED) is 0.552. The van der Waals surface area contributed by atoms with Gasteiger partial charge in [-0.3, -0.25) is 9.10 Å². The van der Waals surface area contributed by atoms with Gasteiger partial charge in [0.2, 0.25) is 0 Å². The Bertz CT molecular complexity index is 1190. The molecule has 0 atom stereocenters. The summed E-state index contributed by atoms with van der Waals surface area (Å²) in [5, 5.41) is 2.75. The van der Waals surface area contributed by atoms with Crippen molar-refractivity contribution in [2.75, 3.05) is 16.2 Å². The average Bonchev–Trinajstić information content (AvgIpc) is 2.76. The molecule has 7 heteroatoms. The number of amides is 1. The summed E-state index contributed by atoms with van der Waals surface area (Å²) in [4.78, 5) is 12.7. The van der Waals surface area contributed by atoms with E-state index in [-0.39, 0.29) is 17.0 Å². The molecule has 0 aliphatic rings. The van der Waals surface area contributed by atoms with Crippen molar-refractivity contribution in [3.8, 4) is 0 Å². The number of carbonyl (C=O) groups excluding carboxylic acids is 1. The molecule has 3 aromatic carbocycles. The lowest BCUT2D eigenvalue weighted by atomic mass is 10.1. The second kappa shape index (κ2) is 9.31. The Hall–Kier alpha value is -3.19. The number of anilines is 2. The van der Waals surface area contributed by atoms with Gasteiger partial charge in [0.1, 0.15) is 5.82 Å². The number of carbonyl (C=O) groups is 1. The Morgan fingerprint density at radius 3 is 2.35 bits per heavy atom. The molecule has 0 saturated heterocycles. The fraction of sp³-hybridized carbons (Fsp3) is 0.208. The molecule has 0 spiro atoms. The van der Waals surface area contributed by atoms with E-state index < -0.39 is 21.7 Å². The van der Waals surface area contributed by atoms with Crippen molar-refractivity contribution in [2.45, 2.75) is 32.1 Å². The summed E-state index contributed by atoms with van der Waals surface area (Å²) < 4.78 is 42.2. The van der Waals surface area contributed by atoms with Gasteiger partial charge in [-0.05, 0) is 61.7 Å². The minimum atomic E-state index is -3.98. The number of nitrogens with zero attached hydrogens (tertiary/aromatic N) is 1. The number of halogens is 1. The molecule has 0 aromatic heterocycles. The summed E-state index contributed by atoms with van der Waals surface area (Å²) in [6, 6.07) is 17.6. The maximum absolute atomic E-state index is 14.5. The monoisotopic (exact) mass is 440 g/mol. The zero-order valence-electron chi connectivity index (χ0n) is 17.7. The Morgan fingerprint density at radius 1 is 1.00 bits per heavy atom. The molecule has 5 nitrogen and oxygen atoms in total. The fourth-order valence-electron chi connectivity index (χ4n) is 3.43. The van der Waals surface area contributed by atoms with Crippen LogP contribution in [0.15, 0.2) is 71.6 Å². The van der Waals surface area contributed by atoms with Crippen LogP contribution in [-0.2, 0) is 16.4 Å². The molecule has 0 saturated carbocycles. The van der Waals surface area contributed by atoms with Crippen molar-refractivity contribution in [2.24, 2.45) is 0 Å². The summed E-state index contributed by atoms with van der Waals surface area (Å²) in [6.07, 6.45) is 0.691. The topological polar surface area (TPSA) is 66.5 Å². The summed E-state index contributed by atoms with van der Waals surface area (Å²) in [7, 11) is -3.98. The van der Waals surface area contributed by atoms with Crippen LogP contribution in [0.1, 0.15) is 35.3 Å². The molecule has 0 unspecified atom stereocenters. The molecule has 1 N–H and O–H groups in total. The highest BCUT2D eigenvalue weighted by atomic mass is 32.2. The molecule has 0 heterocycles. The van der Waals surface area contributed by atoms with E-state index in [9.17, 15) is 17.6 Å². The number of aryl methyl sites for hydroxylation is 2. The predicted molar refractivity (Wildman–Crippen MR) is 122 cm³/mol. The van der Waals surface area contributed by atoms with Crippen LogP contribution in [0, 0.1) is 12.7 Å². The minimum Gasteiger partial charge on any atom is -0.321 e. The zero-order chi connectivity index (χ0) is 22.6. The van der Waals surface area contributed by atoms with E-state index in [2.05, 4.69) is 5.32 Å². The Morgan fingerprint density at radius 2 is 1.71 bits per heavy atom. The number of para-hydroxylation sites is 2. The predicted octanol–water partition coefficient (Wildman–Crippen LogP) is 5.16. The third kappa shape index (κ3) is 4.61. The number of benzene rings is 3. The van der Waals surface area contributed by atoms with Crippen LogP contribution in [0.3, 0.4) is 0 Å². The lowest BCUT2D eigenvalue weighted by Crippen LogP contribution is -2.31. The number of hydrogen-bond acceptors (Lipinski definition) is 3. The van der Waals surface area contributed by atoms with E-state index in [1.165, 1.54) is 10.4 Å². The maximum Gasteiger partial charge on any atom is 0.264 e. The van der Waals surface area contributed by atoms with Gasteiger partial charge in [-0.25, -0.2) is 12.8 Å². The molecule has 0 radical (unpaired) electrons. The first-order chi connectivity index (χ1) is 14.8. The highest BCUT2D eigenvalue weighted by Gasteiger charge is 2.26. The number of hydrogen-bond donors (Lipinski definition) is 1. The number of rotatable bonds is 7. The molecular formula is C24H25FN2O3S. The third-order valence-electron chi connectivity index (χ3n) is 5.08. The Kier molecular flexibility index (Phi) is 6.75. The summed E-state index contributed by atoms with van der Waals surface area (Å²) >= 11 is 0. The minimum absolute atomic E-state index is 0.148. The Labute approximate surface area is 182 Å². The number of nitrogens with one attached hydrogen (secondary N) is 1. The van der Waals surface area contributed by atoms with Crippen LogP contribution >= 0.6 is 0 Å². The second-order valence-electron chi connectivity index (χ2n) is 7.06. The molecule has 0 fully saturated rings. The van der Waals surface area contributed by atoms with Gasteiger partial charge >= 0.3 is 0 Å². The third-order valence-corrected chi connectivity index (χ3v) is 6.98. The highest BCUT2D eigenvalue weighted by Crippen LogP contribution is 2.26. The van der Waals surface area contributed by atoms with Crippen molar-refractivity contribution in [3.05, 3.63) is 89.2 Å². The molecule has 31 heavy (non-hydrogen) atoms. The molecule has 3 aromatic rings. The summed E-state index contributed by atoms with van der Waals surface area (Å²) in [5.41, 5.74) is 2.54. The van der Waals surface area contributed by atoms with Gasteiger partial charge in [0, 0.05) is 12.2 Å². The molecule has 3 rings (SSSR count). The molecule has 0 aliphatic carbocycles. The zero-order valence-corrected chi connectivity index (χ0v) is 18.5. The first-order valence-corrected chi connectivity index (χ1v) is 11.5. The van der Waals surface area contributed by atoms with Gasteiger partial charge in [-0.15, -0.1) is 0 Å². The first-order valence-electron chi connectivity index (χ1n) is 10.1. The van der Waals surface area contributed by atoms with E-state index in [1.807, 2.05) is 32.0 Å². The fourth-order valence-corrected chi connectivity index (χ4v) is 4.93. The van der Waals surface area contributed by atoms with Crippen molar-refractivity contribution in [3.63, 3.8) is 0 Å². The van der Waals surface area contributed by atoms with Crippen LogP contribution in [0.5, 0.6) is 0 Å². The summed E-state index contributed by atoms with van der Waals surface area (Å²) in [5.74, 6) is -1.48. The number of sulfonamides is 1. The van der Waals surface area contributed by atoms with Crippen LogP contribution in [-0.4, -0.2) is 20.9 Å². The smallest absolute Gasteiger partial charge is 0.264 e. The molecule has 162 valence electrons. The van der Waals surface area contributed by atoms with Crippen molar-refractivity contribution in [1.29, 1.82) is 0 Å². The second-order valence-corrected chi connectivity index (χ2v) is 8.93. The first kappa shape index (κ1) is 22.5. The van der Waals surface area contributed by atoms with Crippen molar-refractivity contribution >= 4 is 27.3 Å². The van der Waals surface area contributed by atoms with Crippen molar-refractivity contribution in [1.82, 2.24) is 0 Å². The van der Waals surface area contributed by atoms with E-state index in [1.54, 1.807) is 37.3 Å². The van der Waals surface area contributed by atoms with E-state index in [0.29, 0.717) is 17.8 Å². The Balaban J connectivity index is 1.99. The van der Waals surface area contributed by atoms with Gasteiger partial charge in [-0.1, -0.05) is 43.3 Å². The lowest BCUT2D eigenvalue weighted by molar-refractivity contribution is 0.102. The van der Waals surface area contributed by atoms with E-state index >= 15 is 0 Å². The van der Waals surface area contributed by atoms with E-state index in [0.717, 1.165) is 23.3 Å². The molecule has 0 aliphatic heterocycles. The lowest BCUT2D eigenvalue weighted by Gasteiger charge is -2.23. The van der Waals surface area contributed by atoms with Crippen LogP contribution in [0.4, 0.5) is 15.8 Å². The average molecular weight is 441 g/mol. The largest absolute Gasteiger partial charge is 0.321 e. The van der Waals surface area contributed by atoms with E-state index in [4.69, 9.17) is 0 Å². The van der Waals surface area contributed by atoms with Crippen LogP contribution in [0.25, 0.3) is 0 Å². The SMILES string of the molecule is CCc1cccc(C)c1NC(=O)c1cc(S(=O)(=O)N(CC)c2ccccc2)ccc1F. The van der Waals surface area contributed by atoms with Crippen molar-refractivity contribution < 1.29 is 17.6 Å². The molecule has 1 amide bonds. The van der Waals surface area contributed by atoms with Gasteiger partial charge in [-0.2, -0.15) is 0 Å². The standard InChI is InChI=1S/C24H25FN2O3S/c1-4-18-11-9-10-17(3)23(18)26-24(28)21-16-20(14-15-22(21)25)31(29,30)27(5-2)19-12-7-6-8-13-19/h6-16H,4-5H2,1-3H3,(H,26,28). The summed E-state index contributed by atoms with van der Waals surface area (Å²) in [6.45, 7) is 5.71. The van der Waals surface area contributed by atoms with Gasteiger partial charge in [0.25, 0.3) is 15.9 Å². The molecule has 0 bridgehead atoms. The van der Waals surface area contributed by atoms with Gasteiger partial charge in [0.05, 0.1) is 16.1 Å². The highest BCUT2D eigenvalue weighted by molar-refractivity contribution is 7.92. The normalized spacial score (nSPS) is 11.2. The maximum atomic E-state index is 14.5. The van der Waals surface area contributed by atoms with Gasteiger partial charge < -0.3 is 5.32 Å². The van der Waals surface area contributed by atoms with Crippen LogP contribution < -0.4 is 9.62 Å². The van der Waals surface area contributed by atoms with Crippen LogP contribution in [0.2, 0.25) is 0 Å². The van der Waals surface area contributed by atoms with Gasteiger partial charge in [0.15, 0.2) is 0 Å². The molecular weight excluding hydrogens is 415 g/mol.